The van der Waals surface area contributed by atoms with Crippen molar-refractivity contribution in [2.45, 2.75) is 45.3 Å². The average molecular weight is 239 g/mol. The molecule has 1 aliphatic heterocycles. The molecule has 0 radical (unpaired) electrons. The molecule has 1 aromatic carbocycles. The lowest BCUT2D eigenvalue weighted by Crippen LogP contribution is -2.28. The lowest BCUT2D eigenvalue weighted by atomic mass is 10.0. The molecule has 1 fully saturated rings. The van der Waals surface area contributed by atoms with E-state index in [4.69, 9.17) is 0 Å². The van der Waals surface area contributed by atoms with Crippen molar-refractivity contribution < 1.29 is 9.50 Å². The highest BCUT2D eigenvalue weighted by atomic mass is 19.1. The Labute approximate surface area is 103 Å². The summed E-state index contributed by atoms with van der Waals surface area (Å²) in [6.45, 7) is 5.19. The topological polar surface area (TPSA) is 32.3 Å². The summed E-state index contributed by atoms with van der Waals surface area (Å²) in [5.41, 5.74) is 0.657. The van der Waals surface area contributed by atoms with Crippen molar-refractivity contribution in [1.82, 2.24) is 5.32 Å². The minimum absolute atomic E-state index is 0.0804. The number of benzene rings is 1. The summed E-state index contributed by atoms with van der Waals surface area (Å²) in [5, 5.41) is 13.1. The van der Waals surface area contributed by atoms with Gasteiger partial charge in [-0.15, -0.1) is 0 Å². The number of aliphatic hydroxyl groups is 1. The summed E-state index contributed by atoms with van der Waals surface area (Å²) < 4.78 is 12.9. The van der Waals surface area contributed by atoms with Gasteiger partial charge in [-0.25, -0.2) is 4.39 Å². The molecule has 17 heavy (non-hydrogen) atoms. The molecular formula is C14H22FNO. The second kappa shape index (κ2) is 7.41. The van der Waals surface area contributed by atoms with Crippen molar-refractivity contribution in [2.24, 2.45) is 0 Å². The SMILES string of the molecule is CCC.OC(c1cccc(F)c1)C1CCCN1. The molecule has 0 saturated carbocycles. The number of hydrogen-bond acceptors (Lipinski definition) is 2. The summed E-state index contributed by atoms with van der Waals surface area (Å²) in [7, 11) is 0. The molecule has 2 unspecified atom stereocenters. The van der Waals surface area contributed by atoms with Gasteiger partial charge >= 0.3 is 0 Å². The van der Waals surface area contributed by atoms with Crippen molar-refractivity contribution >= 4 is 0 Å². The first kappa shape index (κ1) is 14.1. The minimum atomic E-state index is -0.590. The van der Waals surface area contributed by atoms with E-state index < -0.39 is 6.10 Å². The summed E-state index contributed by atoms with van der Waals surface area (Å²) in [4.78, 5) is 0. The normalized spacial score (nSPS) is 20.6. The highest BCUT2D eigenvalue weighted by Crippen LogP contribution is 2.23. The molecule has 2 atom stereocenters. The largest absolute Gasteiger partial charge is 0.387 e. The highest BCUT2D eigenvalue weighted by molar-refractivity contribution is 5.20. The third kappa shape index (κ3) is 4.44. The standard InChI is InChI=1S/C11H14FNO.C3H8/c12-9-4-1-3-8(7-9)11(14)10-5-2-6-13-10;1-3-2/h1,3-4,7,10-11,13-14H,2,5-6H2;3H2,1-2H3. The van der Waals surface area contributed by atoms with Crippen LogP contribution in [0.15, 0.2) is 24.3 Å². The van der Waals surface area contributed by atoms with Crippen molar-refractivity contribution in [3.63, 3.8) is 0 Å². The predicted octanol–water partition coefficient (Wildman–Crippen LogP) is 3.03. The van der Waals surface area contributed by atoms with Crippen LogP contribution in [-0.2, 0) is 0 Å². The van der Waals surface area contributed by atoms with E-state index in [2.05, 4.69) is 19.2 Å². The van der Waals surface area contributed by atoms with E-state index >= 15 is 0 Å². The van der Waals surface area contributed by atoms with Gasteiger partial charge < -0.3 is 10.4 Å². The predicted molar refractivity (Wildman–Crippen MR) is 68.3 cm³/mol. The maximum atomic E-state index is 12.9. The van der Waals surface area contributed by atoms with Crippen molar-refractivity contribution in [2.75, 3.05) is 6.54 Å². The van der Waals surface area contributed by atoms with Crippen LogP contribution in [-0.4, -0.2) is 17.7 Å². The maximum Gasteiger partial charge on any atom is 0.123 e. The zero-order valence-corrected chi connectivity index (χ0v) is 10.6. The van der Waals surface area contributed by atoms with Crippen LogP contribution in [0, 0.1) is 5.82 Å². The molecule has 3 heteroatoms. The number of halogens is 1. The van der Waals surface area contributed by atoms with E-state index in [0.717, 1.165) is 19.4 Å². The molecule has 0 bridgehead atoms. The van der Waals surface area contributed by atoms with Crippen LogP contribution in [0.2, 0.25) is 0 Å². The average Bonchev–Trinajstić information content (AvgIpc) is 2.82. The van der Waals surface area contributed by atoms with Gasteiger partial charge in [-0.2, -0.15) is 0 Å². The molecule has 0 spiro atoms. The van der Waals surface area contributed by atoms with Crippen LogP contribution in [0.4, 0.5) is 4.39 Å². The lowest BCUT2D eigenvalue weighted by molar-refractivity contribution is 0.137. The molecule has 0 amide bonds. The molecule has 2 N–H and O–H groups in total. The molecule has 96 valence electrons. The molecule has 1 saturated heterocycles. The monoisotopic (exact) mass is 239 g/mol. The fraction of sp³-hybridized carbons (Fsp3) is 0.571. The number of nitrogens with one attached hydrogen (secondary N) is 1. The molecule has 0 aliphatic carbocycles. The van der Waals surface area contributed by atoms with Crippen LogP contribution >= 0.6 is 0 Å². The summed E-state index contributed by atoms with van der Waals surface area (Å²) in [5.74, 6) is -0.292. The van der Waals surface area contributed by atoms with Gasteiger partial charge in [-0.05, 0) is 37.1 Å². The Morgan fingerprint density at radius 1 is 1.47 bits per heavy atom. The third-order valence-electron chi connectivity index (χ3n) is 2.67. The van der Waals surface area contributed by atoms with Gasteiger partial charge in [-0.1, -0.05) is 32.4 Å². The first-order valence-corrected chi connectivity index (χ1v) is 6.36. The summed E-state index contributed by atoms with van der Waals surface area (Å²) >= 11 is 0. The van der Waals surface area contributed by atoms with E-state index in [0.29, 0.717) is 5.56 Å². The van der Waals surface area contributed by atoms with E-state index in [-0.39, 0.29) is 11.9 Å². The maximum absolute atomic E-state index is 12.9. The fourth-order valence-corrected chi connectivity index (χ4v) is 1.90. The minimum Gasteiger partial charge on any atom is -0.387 e. The van der Waals surface area contributed by atoms with Crippen LogP contribution in [0.3, 0.4) is 0 Å². The van der Waals surface area contributed by atoms with Crippen molar-refractivity contribution in [1.29, 1.82) is 0 Å². The fourth-order valence-electron chi connectivity index (χ4n) is 1.90. The van der Waals surface area contributed by atoms with E-state index in [9.17, 15) is 9.50 Å². The Bertz CT molecular complexity index is 324. The van der Waals surface area contributed by atoms with Gasteiger partial charge in [0.25, 0.3) is 0 Å². The van der Waals surface area contributed by atoms with Gasteiger partial charge in [0.05, 0.1) is 6.10 Å². The molecular weight excluding hydrogens is 217 g/mol. The second-order valence-electron chi connectivity index (χ2n) is 4.41. The zero-order valence-electron chi connectivity index (χ0n) is 10.6. The van der Waals surface area contributed by atoms with Crippen molar-refractivity contribution in [3.8, 4) is 0 Å². The second-order valence-corrected chi connectivity index (χ2v) is 4.41. The van der Waals surface area contributed by atoms with Gasteiger partial charge in [-0.3, -0.25) is 0 Å². The zero-order chi connectivity index (χ0) is 12.7. The summed E-state index contributed by atoms with van der Waals surface area (Å²) in [6.07, 6.45) is 2.70. The van der Waals surface area contributed by atoms with Crippen LogP contribution in [0.5, 0.6) is 0 Å². The number of aliphatic hydroxyl groups excluding tert-OH is 1. The van der Waals surface area contributed by atoms with E-state index in [1.165, 1.54) is 18.6 Å². The molecule has 2 rings (SSSR count). The third-order valence-corrected chi connectivity index (χ3v) is 2.67. The smallest absolute Gasteiger partial charge is 0.123 e. The van der Waals surface area contributed by atoms with Crippen molar-refractivity contribution in [3.05, 3.63) is 35.6 Å². The Balaban J connectivity index is 0.000000437. The van der Waals surface area contributed by atoms with Crippen LogP contribution in [0.25, 0.3) is 0 Å². The molecule has 2 nitrogen and oxygen atoms in total. The Kier molecular flexibility index (Phi) is 6.16. The number of hydrogen-bond donors (Lipinski definition) is 2. The quantitative estimate of drug-likeness (QED) is 0.831. The summed E-state index contributed by atoms with van der Waals surface area (Å²) in [6, 6.07) is 6.25. The van der Waals surface area contributed by atoms with Gasteiger partial charge in [0, 0.05) is 6.04 Å². The van der Waals surface area contributed by atoms with Crippen LogP contribution in [0.1, 0.15) is 44.8 Å². The molecule has 1 heterocycles. The lowest BCUT2D eigenvalue weighted by Gasteiger charge is -2.18. The Morgan fingerprint density at radius 2 is 2.18 bits per heavy atom. The van der Waals surface area contributed by atoms with Gasteiger partial charge in [0.1, 0.15) is 5.82 Å². The van der Waals surface area contributed by atoms with E-state index in [1.54, 1.807) is 12.1 Å². The van der Waals surface area contributed by atoms with E-state index in [1.807, 2.05) is 0 Å². The molecule has 1 aromatic rings. The van der Waals surface area contributed by atoms with Gasteiger partial charge in [0.2, 0.25) is 0 Å². The van der Waals surface area contributed by atoms with Gasteiger partial charge in [0.15, 0.2) is 0 Å². The Hall–Kier alpha value is -0.930. The number of rotatable bonds is 2. The highest BCUT2D eigenvalue weighted by Gasteiger charge is 2.23. The molecule has 1 aliphatic rings. The van der Waals surface area contributed by atoms with Crippen LogP contribution < -0.4 is 5.32 Å². The first-order valence-electron chi connectivity index (χ1n) is 6.36. The first-order chi connectivity index (χ1) is 8.19. The Morgan fingerprint density at radius 3 is 2.71 bits per heavy atom. The molecule has 0 aromatic heterocycles.